The summed E-state index contributed by atoms with van der Waals surface area (Å²) in [6.45, 7) is 6.09. The number of alkyl carbamates (subject to hydrolysis) is 1. The Hall–Kier alpha value is -2.76. The average molecular weight is 424 g/mol. The number of hydrogen-bond acceptors (Lipinski definition) is 3. The van der Waals surface area contributed by atoms with E-state index in [0.717, 1.165) is 22.9 Å². The third-order valence-corrected chi connectivity index (χ3v) is 6.37. The summed E-state index contributed by atoms with van der Waals surface area (Å²) in [6, 6.07) is 7.39. The van der Waals surface area contributed by atoms with Crippen molar-refractivity contribution >= 4 is 22.9 Å². The zero-order chi connectivity index (χ0) is 22.2. The summed E-state index contributed by atoms with van der Waals surface area (Å²) in [5, 5.41) is 7.00. The van der Waals surface area contributed by atoms with E-state index in [4.69, 9.17) is 4.74 Å². The van der Waals surface area contributed by atoms with Crippen molar-refractivity contribution in [2.75, 3.05) is 6.54 Å². The smallest absolute Gasteiger partial charge is 0.408 e. The molecule has 0 aliphatic heterocycles. The molecule has 2 bridgehead atoms. The van der Waals surface area contributed by atoms with E-state index in [-0.39, 0.29) is 5.91 Å². The van der Waals surface area contributed by atoms with Gasteiger partial charge in [0, 0.05) is 37.1 Å². The lowest BCUT2D eigenvalue weighted by atomic mass is 9.93. The average Bonchev–Trinajstić information content (AvgIpc) is 3.40. The van der Waals surface area contributed by atoms with Gasteiger partial charge in [0.15, 0.2) is 0 Å². The van der Waals surface area contributed by atoms with Crippen LogP contribution in [0.25, 0.3) is 10.9 Å². The first kappa shape index (κ1) is 21.5. The van der Waals surface area contributed by atoms with Crippen LogP contribution in [0.1, 0.15) is 39.2 Å². The van der Waals surface area contributed by atoms with E-state index >= 15 is 0 Å². The molecule has 1 heterocycles. The highest BCUT2D eigenvalue weighted by Gasteiger charge is 2.36. The Morgan fingerprint density at radius 1 is 1.19 bits per heavy atom. The molecule has 4 rings (SSSR count). The molecule has 2 aliphatic rings. The molecule has 0 saturated heterocycles. The first-order chi connectivity index (χ1) is 14.7. The monoisotopic (exact) mass is 423 g/mol. The highest BCUT2D eigenvalue weighted by Crippen LogP contribution is 2.42. The summed E-state index contributed by atoms with van der Waals surface area (Å²) < 4.78 is 7.47. The fourth-order valence-corrected chi connectivity index (χ4v) is 4.95. The fraction of sp³-hybridized carbons (Fsp3) is 0.520. The van der Waals surface area contributed by atoms with E-state index in [1.54, 1.807) is 0 Å². The number of ether oxygens (including phenoxy) is 1. The van der Waals surface area contributed by atoms with Gasteiger partial charge < -0.3 is 19.9 Å². The van der Waals surface area contributed by atoms with Crippen LogP contribution in [0.2, 0.25) is 0 Å². The molecule has 4 atom stereocenters. The van der Waals surface area contributed by atoms with Crippen LogP contribution in [0.3, 0.4) is 0 Å². The van der Waals surface area contributed by atoms with Gasteiger partial charge >= 0.3 is 6.09 Å². The summed E-state index contributed by atoms with van der Waals surface area (Å²) in [4.78, 5) is 25.6. The van der Waals surface area contributed by atoms with Crippen molar-refractivity contribution in [3.05, 3.63) is 48.2 Å². The summed E-state index contributed by atoms with van der Waals surface area (Å²) in [6.07, 6.45) is 8.79. The summed E-state index contributed by atoms with van der Waals surface area (Å²) in [5.41, 5.74) is 1.50. The second-order valence-electron chi connectivity index (χ2n) is 9.97. The molecule has 0 unspecified atom stereocenters. The number of carbonyl (C=O) groups is 2. The van der Waals surface area contributed by atoms with Crippen LogP contribution in [0.5, 0.6) is 0 Å². The van der Waals surface area contributed by atoms with Crippen LogP contribution >= 0.6 is 0 Å². The molecule has 2 N–H and O–H groups in total. The topological polar surface area (TPSA) is 72.4 Å². The first-order valence-corrected chi connectivity index (χ1v) is 11.2. The molecule has 31 heavy (non-hydrogen) atoms. The van der Waals surface area contributed by atoms with Gasteiger partial charge in [0.25, 0.3) is 0 Å². The number of hydrogen-bond donors (Lipinski definition) is 2. The van der Waals surface area contributed by atoms with E-state index in [0.29, 0.717) is 30.7 Å². The summed E-state index contributed by atoms with van der Waals surface area (Å²) in [7, 11) is 1.99. The molecule has 0 spiro atoms. The van der Waals surface area contributed by atoms with Crippen molar-refractivity contribution in [3.8, 4) is 0 Å². The van der Waals surface area contributed by atoms with Crippen LogP contribution in [0.4, 0.5) is 4.79 Å². The molecule has 1 aromatic heterocycles. The van der Waals surface area contributed by atoms with Gasteiger partial charge in [0.05, 0.1) is 0 Å². The molecule has 2 aliphatic carbocycles. The Kier molecular flexibility index (Phi) is 5.82. The number of para-hydroxylation sites is 1. The molecule has 2 amide bonds. The van der Waals surface area contributed by atoms with E-state index < -0.39 is 17.7 Å². The maximum absolute atomic E-state index is 13.1. The number of nitrogens with one attached hydrogen (secondary N) is 2. The second kappa shape index (κ2) is 8.40. The number of aromatic nitrogens is 1. The number of benzene rings is 1. The molecule has 1 fully saturated rings. The van der Waals surface area contributed by atoms with Crippen LogP contribution in [-0.4, -0.2) is 34.8 Å². The molecule has 166 valence electrons. The maximum atomic E-state index is 13.1. The number of fused-ring (bicyclic) bond motifs is 3. The lowest BCUT2D eigenvalue weighted by Gasteiger charge is -2.24. The standard InChI is InChI=1S/C25H33N3O3/c1-25(2,3)31-24(30)27-21(13-19-15-28(4)22-8-6-5-7-20(19)22)23(29)26-14-18-12-16-9-10-17(18)11-16/h5-10,15-18,21H,11-14H2,1-4H3,(H,26,29)(H,27,30)/t16-,17-,18+,21+/m0/s1. The lowest BCUT2D eigenvalue weighted by Crippen LogP contribution is -2.50. The fourth-order valence-electron chi connectivity index (χ4n) is 4.95. The van der Waals surface area contributed by atoms with E-state index in [1.807, 2.05) is 46.1 Å². The quantitative estimate of drug-likeness (QED) is 0.691. The van der Waals surface area contributed by atoms with Crippen LogP contribution in [-0.2, 0) is 23.0 Å². The highest BCUT2D eigenvalue weighted by molar-refractivity contribution is 5.88. The minimum absolute atomic E-state index is 0.162. The van der Waals surface area contributed by atoms with Gasteiger partial charge in [0.2, 0.25) is 5.91 Å². The van der Waals surface area contributed by atoms with Gasteiger partial charge in [0.1, 0.15) is 11.6 Å². The zero-order valence-corrected chi connectivity index (χ0v) is 18.9. The third-order valence-electron chi connectivity index (χ3n) is 6.37. The number of amides is 2. The van der Waals surface area contributed by atoms with Gasteiger partial charge in [-0.05, 0) is 63.0 Å². The number of carbonyl (C=O) groups excluding carboxylic acids is 2. The van der Waals surface area contributed by atoms with Gasteiger partial charge in [-0.25, -0.2) is 4.79 Å². The van der Waals surface area contributed by atoms with Gasteiger partial charge in [-0.3, -0.25) is 4.79 Å². The minimum Gasteiger partial charge on any atom is -0.444 e. The van der Waals surface area contributed by atoms with E-state index in [1.165, 1.54) is 6.42 Å². The van der Waals surface area contributed by atoms with Gasteiger partial charge in [-0.15, -0.1) is 0 Å². The summed E-state index contributed by atoms with van der Waals surface area (Å²) in [5.74, 6) is 1.56. The normalized spacial score (nSPS) is 23.2. The Morgan fingerprint density at radius 3 is 2.65 bits per heavy atom. The zero-order valence-electron chi connectivity index (χ0n) is 18.9. The van der Waals surface area contributed by atoms with E-state index in [9.17, 15) is 9.59 Å². The SMILES string of the molecule is Cn1cc(C[C@@H](NC(=O)OC(C)(C)C)C(=O)NC[C@H]2C[C@H]3C=C[C@H]2C3)c2ccccc21. The van der Waals surface area contributed by atoms with Gasteiger partial charge in [-0.1, -0.05) is 30.4 Å². The lowest BCUT2D eigenvalue weighted by molar-refractivity contribution is -0.123. The number of nitrogens with zero attached hydrogens (tertiary/aromatic N) is 1. The van der Waals surface area contributed by atoms with Crippen LogP contribution in [0.15, 0.2) is 42.6 Å². The molecule has 1 aromatic carbocycles. The molecular weight excluding hydrogens is 390 g/mol. The third kappa shape index (κ3) is 4.94. The highest BCUT2D eigenvalue weighted by atomic mass is 16.6. The Morgan fingerprint density at radius 2 is 1.97 bits per heavy atom. The second-order valence-corrected chi connectivity index (χ2v) is 9.97. The minimum atomic E-state index is -0.699. The molecule has 6 nitrogen and oxygen atoms in total. The van der Waals surface area contributed by atoms with Crippen LogP contribution < -0.4 is 10.6 Å². The molecule has 1 saturated carbocycles. The summed E-state index contributed by atoms with van der Waals surface area (Å²) >= 11 is 0. The van der Waals surface area contributed by atoms with E-state index in [2.05, 4.69) is 39.5 Å². The van der Waals surface area contributed by atoms with Crippen molar-refractivity contribution in [2.45, 2.75) is 51.7 Å². The van der Waals surface area contributed by atoms with Crippen molar-refractivity contribution in [2.24, 2.45) is 24.8 Å². The number of rotatable bonds is 6. The molecular formula is C25H33N3O3. The van der Waals surface area contributed by atoms with Gasteiger partial charge in [-0.2, -0.15) is 0 Å². The van der Waals surface area contributed by atoms with Crippen molar-refractivity contribution in [3.63, 3.8) is 0 Å². The predicted molar refractivity (Wildman–Crippen MR) is 122 cm³/mol. The maximum Gasteiger partial charge on any atom is 0.408 e. The van der Waals surface area contributed by atoms with Crippen molar-refractivity contribution < 1.29 is 14.3 Å². The number of aryl methyl sites for hydroxylation is 1. The Balaban J connectivity index is 1.48. The molecule has 0 radical (unpaired) electrons. The first-order valence-electron chi connectivity index (χ1n) is 11.2. The molecule has 6 heteroatoms. The van der Waals surface area contributed by atoms with Crippen molar-refractivity contribution in [1.29, 1.82) is 0 Å². The Bertz CT molecular complexity index is 1000. The Labute approximate surface area is 184 Å². The largest absolute Gasteiger partial charge is 0.444 e. The van der Waals surface area contributed by atoms with Crippen molar-refractivity contribution in [1.82, 2.24) is 15.2 Å². The molecule has 2 aromatic rings. The predicted octanol–water partition coefficient (Wildman–Crippen LogP) is 3.94. The number of allylic oxidation sites excluding steroid dienone is 2. The van der Waals surface area contributed by atoms with Crippen LogP contribution in [0, 0.1) is 17.8 Å².